The van der Waals surface area contributed by atoms with E-state index in [1.165, 1.54) is 12.1 Å². The Balaban J connectivity index is 0.000000169. The zero-order valence-electron chi connectivity index (χ0n) is 22.1. The lowest BCUT2D eigenvalue weighted by Gasteiger charge is -2.10. The van der Waals surface area contributed by atoms with Crippen molar-refractivity contribution in [2.75, 3.05) is 0 Å². The van der Waals surface area contributed by atoms with E-state index in [9.17, 15) is 34.2 Å². The minimum atomic E-state index is -0.844. The van der Waals surface area contributed by atoms with Gasteiger partial charge in [0.2, 0.25) is 0 Å². The van der Waals surface area contributed by atoms with Gasteiger partial charge in [0, 0.05) is 47.5 Å². The van der Waals surface area contributed by atoms with Crippen molar-refractivity contribution >= 4 is 69.7 Å². The lowest BCUT2D eigenvalue weighted by molar-refractivity contribution is -0.385. The molecule has 0 amide bonds. The van der Waals surface area contributed by atoms with Crippen LogP contribution >= 0.6 is 46.4 Å². The molecule has 0 saturated heterocycles. The van der Waals surface area contributed by atoms with E-state index in [0.29, 0.717) is 23.7 Å². The van der Waals surface area contributed by atoms with Gasteiger partial charge in [0.1, 0.15) is 23.0 Å². The van der Waals surface area contributed by atoms with E-state index >= 15 is 0 Å². The highest BCUT2D eigenvalue weighted by atomic mass is 35.5. The number of carbonyl (C=O) groups is 2. The van der Waals surface area contributed by atoms with Crippen molar-refractivity contribution in [2.45, 2.75) is 12.8 Å². The molecular weight excluding hydrogens is 685 g/mol. The third kappa shape index (κ3) is 8.28. The highest BCUT2D eigenvalue weighted by Gasteiger charge is 2.22. The maximum atomic E-state index is 12.7. The van der Waals surface area contributed by atoms with Crippen LogP contribution in [0.3, 0.4) is 0 Å². The van der Waals surface area contributed by atoms with Crippen molar-refractivity contribution in [1.82, 2.24) is 0 Å². The first kappa shape index (κ1) is 33.2. The molecule has 0 unspecified atom stereocenters. The van der Waals surface area contributed by atoms with Crippen LogP contribution in [-0.4, -0.2) is 26.9 Å². The van der Waals surface area contributed by atoms with Gasteiger partial charge in [0.15, 0.2) is 11.6 Å². The summed E-state index contributed by atoms with van der Waals surface area (Å²) >= 11 is 22.5. The van der Waals surface area contributed by atoms with E-state index < -0.39 is 15.7 Å². The van der Waals surface area contributed by atoms with Gasteiger partial charge in [-0.3, -0.25) is 29.8 Å². The number of carbonyl (C=O) groups excluding carboxylic acids is 2. The molecule has 17 heteroatoms. The standard InChI is InChI=1S/C14H7Cl2NO5.C8H6O3.C6H2Cl2FNO2/c15-10-4-8(17(19)20)5-11(16)14(10)21-9-2-1-7-3-13(18)22-12(7)6-9;9-6-2-1-5-3-8(10)11-7(5)4-6;7-4-1-3(10(11)12)2-5(8)6(4)9/h1-2,4-6H,3H2;1-2,4,9H,3H2;1-2H. The Labute approximate surface area is 271 Å². The van der Waals surface area contributed by atoms with E-state index in [4.69, 9.17) is 65.7 Å². The number of aromatic hydroxyl groups is 1. The fraction of sp³-hybridized carbons (Fsp3) is 0.0714. The van der Waals surface area contributed by atoms with Crippen LogP contribution in [0.2, 0.25) is 20.1 Å². The molecule has 0 radical (unpaired) electrons. The van der Waals surface area contributed by atoms with Crippen molar-refractivity contribution in [3.05, 3.63) is 118 Å². The van der Waals surface area contributed by atoms with E-state index in [-0.39, 0.29) is 61.3 Å². The predicted molar refractivity (Wildman–Crippen MR) is 159 cm³/mol. The van der Waals surface area contributed by atoms with Crippen LogP contribution in [0.5, 0.6) is 28.7 Å². The highest BCUT2D eigenvalue weighted by Crippen LogP contribution is 2.41. The molecule has 0 fully saturated rings. The number of hydrogen-bond acceptors (Lipinski definition) is 10. The average Bonchev–Trinajstić information content (AvgIpc) is 3.53. The van der Waals surface area contributed by atoms with Crippen LogP contribution in [0.15, 0.2) is 60.7 Å². The van der Waals surface area contributed by atoms with Crippen LogP contribution in [0, 0.1) is 26.0 Å². The molecule has 2 heterocycles. The minimum absolute atomic E-state index is 0.0108. The fourth-order valence-electron chi connectivity index (χ4n) is 3.77. The molecule has 4 aromatic rings. The third-order valence-corrected chi connectivity index (χ3v) is 6.91. The molecule has 4 aromatic carbocycles. The summed E-state index contributed by atoms with van der Waals surface area (Å²) in [6, 6.07) is 13.7. The van der Waals surface area contributed by atoms with Crippen molar-refractivity contribution in [3.8, 4) is 28.7 Å². The molecule has 2 aliphatic rings. The second-order valence-electron chi connectivity index (χ2n) is 8.94. The first-order chi connectivity index (χ1) is 21.2. The number of rotatable bonds is 4. The van der Waals surface area contributed by atoms with Crippen LogP contribution < -0.4 is 14.2 Å². The topological polar surface area (TPSA) is 168 Å². The number of hydrogen-bond donors (Lipinski definition) is 1. The SMILES string of the molecule is O=C1Cc2ccc(O)cc2O1.O=C1Cc2ccc(Oc3c(Cl)cc([N+](=O)[O-])cc3Cl)cc2O1.O=[N+]([O-])c1cc(Cl)c(F)c(Cl)c1. The number of ether oxygens (including phenoxy) is 3. The molecule has 12 nitrogen and oxygen atoms in total. The molecule has 45 heavy (non-hydrogen) atoms. The number of benzene rings is 4. The normalized spacial score (nSPS) is 12.4. The maximum absolute atomic E-state index is 12.7. The van der Waals surface area contributed by atoms with E-state index in [2.05, 4.69) is 0 Å². The molecule has 0 aliphatic carbocycles. The first-order valence-corrected chi connectivity index (χ1v) is 13.7. The summed E-state index contributed by atoms with van der Waals surface area (Å²) in [6.07, 6.45) is 0.532. The van der Waals surface area contributed by atoms with Gasteiger partial charge in [-0.25, -0.2) is 4.39 Å². The van der Waals surface area contributed by atoms with E-state index in [0.717, 1.165) is 35.4 Å². The summed E-state index contributed by atoms with van der Waals surface area (Å²) in [5, 5.41) is 29.2. The fourth-order valence-corrected chi connectivity index (χ4v) is 4.80. The zero-order chi connectivity index (χ0) is 33.0. The molecule has 0 aromatic heterocycles. The van der Waals surface area contributed by atoms with Gasteiger partial charge < -0.3 is 19.3 Å². The minimum Gasteiger partial charge on any atom is -0.508 e. The second-order valence-corrected chi connectivity index (χ2v) is 10.6. The van der Waals surface area contributed by atoms with Crippen molar-refractivity contribution < 1.29 is 43.1 Å². The van der Waals surface area contributed by atoms with Crippen LogP contribution in [0.1, 0.15) is 11.1 Å². The number of non-ortho nitro benzene ring substituents is 2. The Hall–Kier alpha value is -4.69. The summed E-state index contributed by atoms with van der Waals surface area (Å²) in [5.74, 6) is 0.0301. The summed E-state index contributed by atoms with van der Waals surface area (Å²) in [6.45, 7) is 0. The molecule has 2 aliphatic heterocycles. The van der Waals surface area contributed by atoms with Gasteiger partial charge in [-0.2, -0.15) is 0 Å². The Morgan fingerprint density at radius 2 is 1.16 bits per heavy atom. The Bertz CT molecular complexity index is 1830. The summed E-state index contributed by atoms with van der Waals surface area (Å²) in [5.41, 5.74) is 1.04. The number of nitro benzene ring substituents is 2. The van der Waals surface area contributed by atoms with Crippen LogP contribution in [0.4, 0.5) is 15.8 Å². The number of nitrogens with zero attached hydrogens (tertiary/aromatic N) is 2. The smallest absolute Gasteiger partial charge is 0.315 e. The number of phenolic OH excluding ortho intramolecular Hbond substituents is 1. The van der Waals surface area contributed by atoms with Gasteiger partial charge in [-0.15, -0.1) is 0 Å². The molecule has 0 saturated carbocycles. The number of nitro groups is 2. The maximum Gasteiger partial charge on any atom is 0.315 e. The number of esters is 2. The molecule has 0 bridgehead atoms. The quantitative estimate of drug-likeness (QED) is 0.0723. The largest absolute Gasteiger partial charge is 0.508 e. The zero-order valence-corrected chi connectivity index (χ0v) is 25.1. The Kier molecular flexibility index (Phi) is 10.3. The monoisotopic (exact) mass is 698 g/mol. The first-order valence-electron chi connectivity index (χ1n) is 12.2. The summed E-state index contributed by atoms with van der Waals surface area (Å²) in [7, 11) is 0. The number of halogens is 5. The van der Waals surface area contributed by atoms with Gasteiger partial charge in [0.25, 0.3) is 11.4 Å². The highest BCUT2D eigenvalue weighted by molar-refractivity contribution is 6.37. The van der Waals surface area contributed by atoms with Gasteiger partial charge >= 0.3 is 11.9 Å². The van der Waals surface area contributed by atoms with Crippen LogP contribution in [-0.2, 0) is 22.4 Å². The molecule has 1 N–H and O–H groups in total. The summed E-state index contributed by atoms with van der Waals surface area (Å²) in [4.78, 5) is 41.5. The van der Waals surface area contributed by atoms with Crippen molar-refractivity contribution in [1.29, 1.82) is 0 Å². The number of fused-ring (bicyclic) bond motifs is 2. The summed E-state index contributed by atoms with van der Waals surface area (Å²) < 4.78 is 28.1. The molecule has 0 spiro atoms. The predicted octanol–water partition coefficient (Wildman–Crippen LogP) is 8.05. The van der Waals surface area contributed by atoms with Crippen molar-refractivity contribution in [3.63, 3.8) is 0 Å². The lowest BCUT2D eigenvalue weighted by atomic mass is 10.1. The lowest BCUT2D eigenvalue weighted by Crippen LogP contribution is -2.00. The Morgan fingerprint density at radius 3 is 1.64 bits per heavy atom. The average molecular weight is 700 g/mol. The van der Waals surface area contributed by atoms with Crippen LogP contribution in [0.25, 0.3) is 0 Å². The van der Waals surface area contributed by atoms with Gasteiger partial charge in [-0.05, 0) is 12.1 Å². The molecule has 0 atom stereocenters. The Morgan fingerprint density at radius 1 is 0.711 bits per heavy atom. The van der Waals surface area contributed by atoms with E-state index in [1.54, 1.807) is 24.3 Å². The molecule has 232 valence electrons. The van der Waals surface area contributed by atoms with Crippen molar-refractivity contribution in [2.24, 2.45) is 0 Å². The number of phenols is 1. The van der Waals surface area contributed by atoms with Gasteiger partial charge in [0.05, 0.1) is 42.8 Å². The molecular formula is C28H15Cl4FN2O10. The van der Waals surface area contributed by atoms with Gasteiger partial charge in [-0.1, -0.05) is 58.5 Å². The molecule has 6 rings (SSSR count). The second kappa shape index (κ2) is 13.9. The third-order valence-electron chi connectivity index (χ3n) is 5.80. The van der Waals surface area contributed by atoms with E-state index in [1.807, 2.05) is 0 Å².